The van der Waals surface area contributed by atoms with Crippen molar-refractivity contribution in [3.63, 3.8) is 0 Å². The fourth-order valence-corrected chi connectivity index (χ4v) is 2.19. The topological polar surface area (TPSA) is 38.7 Å². The van der Waals surface area contributed by atoms with E-state index in [-0.39, 0.29) is 0 Å². The summed E-state index contributed by atoms with van der Waals surface area (Å²) in [5, 5.41) is 7.58. The summed E-state index contributed by atoms with van der Waals surface area (Å²) in [6, 6.07) is 6.48. The van der Waals surface area contributed by atoms with Gasteiger partial charge in [0.1, 0.15) is 0 Å². The van der Waals surface area contributed by atoms with Crippen molar-refractivity contribution in [1.82, 2.24) is 0 Å². The first-order valence-corrected chi connectivity index (χ1v) is 6.24. The van der Waals surface area contributed by atoms with E-state index in [1.165, 1.54) is 22.5 Å². The summed E-state index contributed by atoms with van der Waals surface area (Å²) in [6.07, 6.45) is 0. The smallest absolute Gasteiger partial charge is 0.396 e. The van der Waals surface area contributed by atoms with Gasteiger partial charge in [0, 0.05) is 10.9 Å². The summed E-state index contributed by atoms with van der Waals surface area (Å²) < 4.78 is 5.48. The van der Waals surface area contributed by atoms with E-state index in [9.17, 15) is 0 Å². The average molecular weight is 234 g/mol. The minimum atomic E-state index is 0.504. The van der Waals surface area contributed by atoms with Crippen LogP contribution in [0.2, 0.25) is 0 Å². The van der Waals surface area contributed by atoms with E-state index in [1.54, 1.807) is 0 Å². The van der Waals surface area contributed by atoms with Crippen molar-refractivity contribution in [2.75, 3.05) is 0 Å². The Labute approximate surface area is 99.1 Å². The van der Waals surface area contributed by atoms with Crippen molar-refractivity contribution < 1.29 is 9.83 Å². The van der Waals surface area contributed by atoms with Crippen LogP contribution in [0.1, 0.15) is 30.9 Å². The van der Waals surface area contributed by atoms with Gasteiger partial charge in [0.05, 0.1) is 0 Å². The van der Waals surface area contributed by atoms with Crippen molar-refractivity contribution in [2.45, 2.75) is 26.7 Å². The molecule has 0 radical (unpaired) electrons. The highest BCUT2D eigenvalue weighted by Gasteiger charge is 2.09. The molecule has 0 atom stereocenters. The third-order valence-electron chi connectivity index (χ3n) is 2.69. The predicted octanol–water partition coefficient (Wildman–Crippen LogP) is 2.10. The van der Waals surface area contributed by atoms with Crippen LogP contribution in [0.15, 0.2) is 28.0 Å². The van der Waals surface area contributed by atoms with E-state index in [0.717, 1.165) is 11.3 Å². The molecule has 0 aliphatic carbocycles. The molecular weight excluding hydrogens is 218 g/mol. The van der Waals surface area contributed by atoms with Crippen molar-refractivity contribution in [2.24, 2.45) is 0 Å². The fourth-order valence-electron chi connectivity index (χ4n) is 1.65. The summed E-state index contributed by atoms with van der Waals surface area (Å²) in [5.41, 5.74) is 3.67. The van der Waals surface area contributed by atoms with Crippen LogP contribution in [-0.4, -0.2) is 0 Å². The molecule has 0 bridgehead atoms. The van der Waals surface area contributed by atoms with Gasteiger partial charge in [0.15, 0.2) is 5.76 Å². The van der Waals surface area contributed by atoms with Gasteiger partial charge in [-0.15, -0.1) is 0 Å². The Bertz CT molecular complexity index is 551. The third kappa shape index (κ3) is 2.09. The standard InChI is InChI=1S/C13H15NOS/c1-8(2)10-5-4-9(3)11(6-10)12-7-16-13(14)15-12/h4-8,14H,1-3H3/p+1. The van der Waals surface area contributed by atoms with E-state index in [4.69, 9.17) is 9.83 Å². The molecular formula is C13H16NOS+. The van der Waals surface area contributed by atoms with E-state index >= 15 is 0 Å². The first-order valence-electron chi connectivity index (χ1n) is 5.36. The Kier molecular flexibility index (Phi) is 2.97. The molecule has 84 valence electrons. The van der Waals surface area contributed by atoms with Crippen LogP contribution in [0.3, 0.4) is 0 Å². The lowest BCUT2D eigenvalue weighted by atomic mass is 9.97. The highest BCUT2D eigenvalue weighted by atomic mass is 32.1. The Morgan fingerprint density at radius 3 is 2.62 bits per heavy atom. The quantitative estimate of drug-likeness (QED) is 0.849. The Morgan fingerprint density at radius 1 is 1.31 bits per heavy atom. The fraction of sp³-hybridized carbons (Fsp3) is 0.308. The van der Waals surface area contributed by atoms with Crippen molar-refractivity contribution in [3.8, 4) is 11.3 Å². The van der Waals surface area contributed by atoms with Gasteiger partial charge in [-0.2, -0.15) is 0 Å². The molecule has 16 heavy (non-hydrogen) atoms. The molecule has 0 saturated heterocycles. The van der Waals surface area contributed by atoms with Crippen LogP contribution >= 0.6 is 11.3 Å². The molecule has 0 aliphatic rings. The number of rotatable bonds is 2. The predicted molar refractivity (Wildman–Crippen MR) is 65.9 cm³/mol. The number of aryl methyl sites for hydroxylation is 1. The Hall–Kier alpha value is -1.35. The lowest BCUT2D eigenvalue weighted by molar-refractivity contribution is -0.190. The van der Waals surface area contributed by atoms with Crippen LogP contribution in [0.5, 0.6) is 0 Å². The molecule has 2 rings (SSSR count). The van der Waals surface area contributed by atoms with Gasteiger partial charge in [-0.1, -0.05) is 26.0 Å². The number of hydrogen-bond acceptors (Lipinski definition) is 2. The van der Waals surface area contributed by atoms with Crippen LogP contribution in [0, 0.1) is 6.92 Å². The summed E-state index contributed by atoms with van der Waals surface area (Å²) in [4.78, 5) is 0.504. The molecule has 3 heteroatoms. The minimum Gasteiger partial charge on any atom is -0.396 e. The van der Waals surface area contributed by atoms with Gasteiger partial charge in [-0.05, 0) is 41.4 Å². The second-order valence-corrected chi connectivity index (χ2v) is 5.12. The first kappa shape index (κ1) is 11.1. The zero-order valence-electron chi connectivity index (χ0n) is 9.78. The van der Waals surface area contributed by atoms with E-state index in [0.29, 0.717) is 10.8 Å². The molecule has 0 saturated carbocycles. The SMILES string of the molecule is Cc1ccc(C(C)C)cc1-c1csc(=[NH2+])o1. The maximum absolute atomic E-state index is 5.62. The molecule has 1 heterocycles. The van der Waals surface area contributed by atoms with Crippen LogP contribution < -0.4 is 10.3 Å². The lowest BCUT2D eigenvalue weighted by Gasteiger charge is -2.09. The molecule has 0 fully saturated rings. The molecule has 0 aliphatic heterocycles. The van der Waals surface area contributed by atoms with Gasteiger partial charge >= 0.3 is 4.87 Å². The maximum atomic E-state index is 5.62. The second kappa shape index (κ2) is 4.26. The van der Waals surface area contributed by atoms with Crippen LogP contribution in [0.25, 0.3) is 11.3 Å². The van der Waals surface area contributed by atoms with E-state index in [2.05, 4.69) is 39.0 Å². The third-order valence-corrected chi connectivity index (χ3v) is 3.33. The average Bonchev–Trinajstić information content (AvgIpc) is 2.65. The molecule has 1 aromatic carbocycles. The normalized spacial score (nSPS) is 11.0. The first-order chi connectivity index (χ1) is 7.58. The van der Waals surface area contributed by atoms with E-state index in [1.807, 2.05) is 5.38 Å². The van der Waals surface area contributed by atoms with Gasteiger partial charge in [-0.25, -0.2) is 5.41 Å². The van der Waals surface area contributed by atoms with Gasteiger partial charge in [0.25, 0.3) is 0 Å². The monoisotopic (exact) mass is 234 g/mol. The summed E-state index contributed by atoms with van der Waals surface area (Å²) in [7, 11) is 0. The van der Waals surface area contributed by atoms with Crippen LogP contribution in [0.4, 0.5) is 0 Å². The molecule has 2 N–H and O–H groups in total. The molecule has 1 aromatic heterocycles. The highest BCUT2D eigenvalue weighted by Crippen LogP contribution is 2.27. The minimum absolute atomic E-state index is 0.504. The lowest BCUT2D eigenvalue weighted by Crippen LogP contribution is -2.41. The van der Waals surface area contributed by atoms with Crippen molar-refractivity contribution in [3.05, 3.63) is 39.6 Å². The second-order valence-electron chi connectivity index (χ2n) is 4.25. The molecule has 0 unspecified atom stereocenters. The zero-order valence-corrected chi connectivity index (χ0v) is 10.6. The molecule has 2 nitrogen and oxygen atoms in total. The van der Waals surface area contributed by atoms with Crippen LogP contribution in [-0.2, 0) is 0 Å². The number of benzene rings is 1. The number of hydrogen-bond donors (Lipinski definition) is 1. The Morgan fingerprint density at radius 2 is 2.06 bits per heavy atom. The van der Waals surface area contributed by atoms with Crippen molar-refractivity contribution >= 4 is 11.3 Å². The van der Waals surface area contributed by atoms with Gasteiger partial charge < -0.3 is 4.42 Å². The molecule has 0 spiro atoms. The summed E-state index contributed by atoms with van der Waals surface area (Å²) in [6.45, 7) is 6.46. The maximum Gasteiger partial charge on any atom is 0.426 e. The summed E-state index contributed by atoms with van der Waals surface area (Å²) >= 11 is 1.43. The van der Waals surface area contributed by atoms with E-state index < -0.39 is 0 Å². The largest absolute Gasteiger partial charge is 0.426 e. The summed E-state index contributed by atoms with van der Waals surface area (Å²) in [5.74, 6) is 1.39. The van der Waals surface area contributed by atoms with Gasteiger partial charge in [-0.3, -0.25) is 0 Å². The highest BCUT2D eigenvalue weighted by molar-refractivity contribution is 7.07. The molecule has 0 amide bonds. The van der Waals surface area contributed by atoms with Crippen molar-refractivity contribution in [1.29, 1.82) is 0 Å². The molecule has 2 aromatic rings. The zero-order chi connectivity index (χ0) is 11.7. The number of nitrogens with two attached hydrogens (primary N) is 1. The Balaban J connectivity index is 2.55. The van der Waals surface area contributed by atoms with Gasteiger partial charge in [0.2, 0.25) is 0 Å².